The van der Waals surface area contributed by atoms with Crippen LogP contribution in [0.25, 0.3) is 0 Å². The van der Waals surface area contributed by atoms with Crippen molar-refractivity contribution in [2.75, 3.05) is 0 Å². The van der Waals surface area contributed by atoms with Gasteiger partial charge < -0.3 is 24.8 Å². The van der Waals surface area contributed by atoms with Gasteiger partial charge in [0.25, 0.3) is 0 Å². The Kier molecular flexibility index (Phi) is 4.59. The predicted octanol–water partition coefficient (Wildman–Crippen LogP) is 1.93. The molecule has 6 rings (SSSR count). The van der Waals surface area contributed by atoms with Crippen molar-refractivity contribution in [2.24, 2.45) is 22.7 Å². The van der Waals surface area contributed by atoms with Gasteiger partial charge in [-0.2, -0.15) is 0 Å². The van der Waals surface area contributed by atoms with Crippen LogP contribution >= 0.6 is 0 Å². The normalized spacial score (nSPS) is 53.2. The highest BCUT2D eigenvalue weighted by molar-refractivity contribution is 6.15. The maximum absolute atomic E-state index is 13.3. The first-order valence-corrected chi connectivity index (χ1v) is 13.1. The molecule has 8 nitrogen and oxygen atoms in total. The van der Waals surface area contributed by atoms with Gasteiger partial charge in [0.15, 0.2) is 17.2 Å². The van der Waals surface area contributed by atoms with E-state index >= 15 is 0 Å². The Labute approximate surface area is 210 Å². The Bertz CT molecular complexity index is 1170. The number of allylic oxidation sites excluding steroid dienone is 1. The number of hydrogen-bond acceptors (Lipinski definition) is 8. The molecule has 10 unspecified atom stereocenters. The first-order valence-electron chi connectivity index (χ1n) is 13.1. The number of rotatable bonds is 2. The zero-order valence-corrected chi connectivity index (χ0v) is 21.6. The second-order valence-electron chi connectivity index (χ2n) is 12.9. The van der Waals surface area contributed by atoms with Crippen molar-refractivity contribution in [3.63, 3.8) is 0 Å². The van der Waals surface area contributed by atoms with E-state index in [0.717, 1.165) is 5.57 Å². The van der Waals surface area contributed by atoms with Crippen molar-refractivity contribution in [2.45, 2.75) is 108 Å². The van der Waals surface area contributed by atoms with E-state index in [1.807, 2.05) is 13.8 Å². The van der Waals surface area contributed by atoms with Gasteiger partial charge in [0.05, 0.1) is 17.1 Å². The van der Waals surface area contributed by atoms with Gasteiger partial charge in [0, 0.05) is 17.4 Å². The molecule has 0 aromatic heterocycles. The number of ether oxygens (including phenoxy) is 2. The number of cyclic esters (lactones) is 1. The number of carbonyl (C=O) groups is 3. The van der Waals surface area contributed by atoms with Crippen LogP contribution in [0.2, 0.25) is 0 Å². The molecule has 3 N–H and O–H groups in total. The maximum atomic E-state index is 13.3. The number of esters is 1. The third kappa shape index (κ3) is 2.35. The van der Waals surface area contributed by atoms with Gasteiger partial charge >= 0.3 is 5.97 Å². The van der Waals surface area contributed by atoms with Crippen molar-refractivity contribution in [3.05, 3.63) is 23.3 Å². The molecular weight excluding hydrogens is 464 g/mol. The van der Waals surface area contributed by atoms with Crippen LogP contribution in [0.15, 0.2) is 23.3 Å². The Balaban J connectivity index is 1.39. The van der Waals surface area contributed by atoms with E-state index in [0.29, 0.717) is 31.3 Å². The van der Waals surface area contributed by atoms with Crippen molar-refractivity contribution >= 4 is 17.5 Å². The van der Waals surface area contributed by atoms with Crippen LogP contribution in [0.1, 0.15) is 73.1 Å². The molecule has 4 aliphatic carbocycles. The van der Waals surface area contributed by atoms with Crippen LogP contribution in [0, 0.1) is 22.7 Å². The highest BCUT2D eigenvalue weighted by Gasteiger charge is 2.84. The van der Waals surface area contributed by atoms with Gasteiger partial charge in [-0.05, 0) is 83.8 Å². The molecule has 0 amide bonds. The Hall–Kier alpha value is -1.87. The van der Waals surface area contributed by atoms with E-state index in [4.69, 9.17) is 9.47 Å². The molecule has 0 bridgehead atoms. The molecule has 0 aromatic rings. The Morgan fingerprint density at radius 2 is 1.67 bits per heavy atom. The zero-order valence-electron chi connectivity index (χ0n) is 21.6. The molecule has 2 aliphatic heterocycles. The van der Waals surface area contributed by atoms with Gasteiger partial charge in [-0.3, -0.25) is 9.59 Å². The first-order chi connectivity index (χ1) is 16.6. The second-order valence-corrected chi connectivity index (χ2v) is 12.9. The van der Waals surface area contributed by atoms with Crippen LogP contribution in [-0.2, 0) is 23.9 Å². The fourth-order valence-corrected chi connectivity index (χ4v) is 9.24. The van der Waals surface area contributed by atoms with Gasteiger partial charge in [0.1, 0.15) is 17.3 Å². The number of epoxide rings is 1. The molecule has 10 atom stereocenters. The monoisotopic (exact) mass is 500 g/mol. The molecule has 2 heterocycles. The molecular formula is C28H36O8. The average molecular weight is 501 g/mol. The summed E-state index contributed by atoms with van der Waals surface area (Å²) in [6, 6.07) is 0. The Morgan fingerprint density at radius 1 is 1.00 bits per heavy atom. The molecule has 0 aromatic carbocycles. The lowest BCUT2D eigenvalue weighted by Crippen LogP contribution is -2.73. The van der Waals surface area contributed by atoms with Crippen molar-refractivity contribution in [1.82, 2.24) is 0 Å². The van der Waals surface area contributed by atoms with E-state index in [9.17, 15) is 29.7 Å². The molecule has 36 heavy (non-hydrogen) atoms. The van der Waals surface area contributed by atoms with E-state index in [-0.39, 0.29) is 30.3 Å². The summed E-state index contributed by atoms with van der Waals surface area (Å²) < 4.78 is 11.6. The quantitative estimate of drug-likeness (QED) is 0.387. The van der Waals surface area contributed by atoms with Crippen LogP contribution in [0.4, 0.5) is 0 Å². The minimum atomic E-state index is -1.82. The number of ketones is 2. The fourth-order valence-electron chi connectivity index (χ4n) is 9.24. The van der Waals surface area contributed by atoms with E-state index in [1.165, 1.54) is 19.1 Å². The summed E-state index contributed by atoms with van der Waals surface area (Å²) in [7, 11) is 0. The summed E-state index contributed by atoms with van der Waals surface area (Å²) in [5, 5.41) is 36.7. The molecule has 6 aliphatic rings. The second kappa shape index (κ2) is 6.76. The van der Waals surface area contributed by atoms with Crippen LogP contribution < -0.4 is 0 Å². The summed E-state index contributed by atoms with van der Waals surface area (Å²) in [4.78, 5) is 38.7. The lowest BCUT2D eigenvalue weighted by Gasteiger charge is -2.63. The van der Waals surface area contributed by atoms with Crippen molar-refractivity contribution in [3.8, 4) is 0 Å². The minimum Gasteiger partial charge on any atom is -0.455 e. The zero-order chi connectivity index (χ0) is 26.3. The van der Waals surface area contributed by atoms with Crippen molar-refractivity contribution in [1.29, 1.82) is 0 Å². The third-order valence-electron chi connectivity index (χ3n) is 11.9. The lowest BCUT2D eigenvalue weighted by molar-refractivity contribution is -0.282. The fraction of sp³-hybridized carbons (Fsp3) is 0.750. The summed E-state index contributed by atoms with van der Waals surface area (Å²) in [6.45, 7) is 8.63. The smallest absolute Gasteiger partial charge is 0.334 e. The summed E-state index contributed by atoms with van der Waals surface area (Å²) in [5.74, 6) is -1.54. The average Bonchev–Trinajstić information content (AvgIpc) is 3.51. The molecule has 1 spiro atoms. The van der Waals surface area contributed by atoms with E-state index in [1.54, 1.807) is 13.8 Å². The standard InChI is InChI=1S/C28H36O8/c1-14-12-20(35-22(31)15(14)2)25(5,32)27(34)11-10-26(33)17-13-21-28(36-21)19(30)7-6-18(29)24(28,4)16(17)8-9-23(26,27)3/h6-7,16-17,20-21,32-34H,8-13H2,1-5H3. The number of fused-ring (bicyclic) bond motifs is 4. The predicted molar refractivity (Wildman–Crippen MR) is 126 cm³/mol. The number of hydrogen-bond donors (Lipinski definition) is 3. The molecule has 1 saturated heterocycles. The molecule has 196 valence electrons. The lowest BCUT2D eigenvalue weighted by atomic mass is 9.42. The molecule has 0 radical (unpaired) electrons. The topological polar surface area (TPSA) is 134 Å². The van der Waals surface area contributed by atoms with Crippen LogP contribution in [0.5, 0.6) is 0 Å². The van der Waals surface area contributed by atoms with E-state index in [2.05, 4.69) is 0 Å². The van der Waals surface area contributed by atoms with Gasteiger partial charge in [-0.15, -0.1) is 0 Å². The van der Waals surface area contributed by atoms with Crippen molar-refractivity contribution < 1.29 is 39.2 Å². The first kappa shape index (κ1) is 24.5. The largest absolute Gasteiger partial charge is 0.455 e. The van der Waals surface area contributed by atoms with Crippen LogP contribution in [-0.4, -0.2) is 67.5 Å². The molecule has 3 saturated carbocycles. The number of carbonyl (C=O) groups excluding carboxylic acids is 3. The Morgan fingerprint density at radius 3 is 2.33 bits per heavy atom. The highest BCUT2D eigenvalue weighted by atomic mass is 16.6. The minimum absolute atomic E-state index is 0.117. The van der Waals surface area contributed by atoms with Gasteiger partial charge in [-0.25, -0.2) is 4.79 Å². The van der Waals surface area contributed by atoms with Gasteiger partial charge in [-0.1, -0.05) is 12.5 Å². The van der Waals surface area contributed by atoms with E-state index < -0.39 is 57.3 Å². The van der Waals surface area contributed by atoms with Crippen LogP contribution in [0.3, 0.4) is 0 Å². The third-order valence-corrected chi connectivity index (χ3v) is 11.9. The maximum Gasteiger partial charge on any atom is 0.334 e. The summed E-state index contributed by atoms with van der Waals surface area (Å²) >= 11 is 0. The molecule has 8 heteroatoms. The SMILES string of the molecule is CC1=C(C)C(=O)OC(C(C)(O)C2(O)CCC3(O)C4CC5OC56C(=O)C=CC(=O)C6(C)C4CCC32C)C1. The summed E-state index contributed by atoms with van der Waals surface area (Å²) in [6.07, 6.45) is 3.13. The highest BCUT2D eigenvalue weighted by Crippen LogP contribution is 2.74. The molecule has 4 fully saturated rings. The van der Waals surface area contributed by atoms with Gasteiger partial charge in [0.2, 0.25) is 0 Å². The summed E-state index contributed by atoms with van der Waals surface area (Å²) in [5.41, 5.74) is -7.03. The number of aliphatic hydroxyl groups is 3.